The minimum Gasteiger partial charge on any atom is -0.462 e. The number of ether oxygens (including phenoxy) is 1. The molecule has 0 spiro atoms. The van der Waals surface area contributed by atoms with E-state index < -0.39 is 16.0 Å². The number of esters is 1. The first kappa shape index (κ1) is 25.3. The van der Waals surface area contributed by atoms with Crippen molar-refractivity contribution in [3.63, 3.8) is 0 Å². The molecule has 3 rings (SSSR count). The van der Waals surface area contributed by atoms with E-state index in [1.165, 1.54) is 23.1 Å². The van der Waals surface area contributed by atoms with Crippen molar-refractivity contribution < 1.29 is 22.7 Å². The van der Waals surface area contributed by atoms with Gasteiger partial charge >= 0.3 is 5.97 Å². The number of thioether (sulfide) groups is 1. The van der Waals surface area contributed by atoms with E-state index in [4.69, 9.17) is 4.74 Å². The van der Waals surface area contributed by atoms with Crippen molar-refractivity contribution in [2.45, 2.75) is 23.6 Å². The predicted molar refractivity (Wildman–Crippen MR) is 135 cm³/mol. The fourth-order valence-corrected chi connectivity index (χ4v) is 4.76. The molecular weight excluding hydrogens is 472 g/mol. The van der Waals surface area contributed by atoms with E-state index in [9.17, 15) is 18.0 Å². The topological polar surface area (TPSA) is 92.8 Å². The first-order valence-corrected chi connectivity index (χ1v) is 13.2. The van der Waals surface area contributed by atoms with Crippen LogP contribution in [0.4, 0.5) is 11.4 Å². The highest BCUT2D eigenvalue weighted by Gasteiger charge is 2.21. The number of hydrogen-bond acceptors (Lipinski definition) is 6. The molecule has 0 aliphatic carbocycles. The second kappa shape index (κ2) is 10.8. The highest BCUT2D eigenvalue weighted by molar-refractivity contribution is 7.98. The molecular formula is C25H26N2O5S2. The van der Waals surface area contributed by atoms with Crippen molar-refractivity contribution in [2.24, 2.45) is 0 Å². The Labute approximate surface area is 204 Å². The van der Waals surface area contributed by atoms with Crippen LogP contribution < -0.4 is 9.62 Å². The molecule has 7 nitrogen and oxygen atoms in total. The third-order valence-electron chi connectivity index (χ3n) is 5.21. The molecule has 0 unspecified atom stereocenters. The number of carbonyl (C=O) groups excluding carboxylic acids is 2. The van der Waals surface area contributed by atoms with Gasteiger partial charge in [0, 0.05) is 23.2 Å². The van der Waals surface area contributed by atoms with Gasteiger partial charge in [0.25, 0.3) is 15.9 Å². The van der Waals surface area contributed by atoms with Crippen molar-refractivity contribution in [1.29, 1.82) is 0 Å². The SMILES string of the molecule is CCOC(=O)c1ccc(C)c(NC(=O)c2ccc(N(C)S(=O)(=O)c3ccc(SC)cc3)cc2)c1. The summed E-state index contributed by atoms with van der Waals surface area (Å²) in [6, 6.07) is 17.9. The van der Waals surface area contributed by atoms with Gasteiger partial charge in [-0.25, -0.2) is 13.2 Å². The second-order valence-corrected chi connectivity index (χ2v) is 10.2. The summed E-state index contributed by atoms with van der Waals surface area (Å²) < 4.78 is 32.1. The van der Waals surface area contributed by atoms with Gasteiger partial charge < -0.3 is 10.1 Å². The number of benzene rings is 3. The molecule has 0 saturated carbocycles. The lowest BCUT2D eigenvalue weighted by Crippen LogP contribution is -2.26. The zero-order valence-corrected chi connectivity index (χ0v) is 21.0. The van der Waals surface area contributed by atoms with Crippen LogP contribution in [-0.2, 0) is 14.8 Å². The average molecular weight is 499 g/mol. The fraction of sp³-hybridized carbons (Fsp3) is 0.200. The maximum Gasteiger partial charge on any atom is 0.338 e. The monoisotopic (exact) mass is 498 g/mol. The lowest BCUT2D eigenvalue weighted by atomic mass is 10.1. The molecule has 0 fully saturated rings. The van der Waals surface area contributed by atoms with Crippen molar-refractivity contribution in [3.05, 3.63) is 83.4 Å². The molecule has 0 radical (unpaired) electrons. The maximum atomic E-state index is 13.0. The normalized spacial score (nSPS) is 11.1. The molecule has 0 aromatic heterocycles. The largest absolute Gasteiger partial charge is 0.462 e. The Morgan fingerprint density at radius 3 is 2.18 bits per heavy atom. The van der Waals surface area contributed by atoms with Crippen molar-refractivity contribution in [2.75, 3.05) is 29.5 Å². The number of nitrogens with one attached hydrogen (secondary N) is 1. The maximum absolute atomic E-state index is 13.0. The molecule has 34 heavy (non-hydrogen) atoms. The standard InChI is InChI=1S/C25H26N2O5S2/c1-5-32-25(29)19-7-6-17(2)23(16-19)26-24(28)18-8-10-20(11-9-18)27(3)34(30,31)22-14-12-21(33-4)13-15-22/h6-16H,5H2,1-4H3,(H,26,28). The molecule has 3 aromatic rings. The Bertz CT molecular complexity index is 1290. The van der Waals surface area contributed by atoms with Gasteiger partial charge in [-0.1, -0.05) is 6.07 Å². The summed E-state index contributed by atoms with van der Waals surface area (Å²) in [5.74, 6) is -0.844. The number of rotatable bonds is 8. The number of nitrogens with zero attached hydrogens (tertiary/aromatic N) is 1. The first-order valence-electron chi connectivity index (χ1n) is 10.5. The van der Waals surface area contributed by atoms with Crippen molar-refractivity contribution >= 4 is 45.0 Å². The van der Waals surface area contributed by atoms with E-state index in [0.717, 1.165) is 10.5 Å². The summed E-state index contributed by atoms with van der Waals surface area (Å²) in [6.45, 7) is 3.80. The zero-order valence-electron chi connectivity index (χ0n) is 19.4. The van der Waals surface area contributed by atoms with Gasteiger partial charge in [0.2, 0.25) is 0 Å². The third kappa shape index (κ3) is 5.60. The van der Waals surface area contributed by atoms with Gasteiger partial charge in [-0.05, 0) is 86.3 Å². The van der Waals surface area contributed by atoms with Crippen LogP contribution in [-0.4, -0.2) is 40.2 Å². The van der Waals surface area contributed by atoms with E-state index in [-0.39, 0.29) is 17.4 Å². The molecule has 3 aromatic carbocycles. The van der Waals surface area contributed by atoms with Gasteiger partial charge in [-0.3, -0.25) is 9.10 Å². The van der Waals surface area contributed by atoms with Gasteiger partial charge in [-0.15, -0.1) is 11.8 Å². The van der Waals surface area contributed by atoms with Gasteiger partial charge in [0.1, 0.15) is 0 Å². The van der Waals surface area contributed by atoms with E-state index in [1.807, 2.05) is 13.2 Å². The third-order valence-corrected chi connectivity index (χ3v) is 7.75. The molecule has 178 valence electrons. The molecule has 0 aliphatic rings. The van der Waals surface area contributed by atoms with E-state index in [1.54, 1.807) is 73.7 Å². The zero-order chi connectivity index (χ0) is 24.9. The van der Waals surface area contributed by atoms with E-state index in [0.29, 0.717) is 22.5 Å². The van der Waals surface area contributed by atoms with Crippen LogP contribution in [0, 0.1) is 6.92 Å². The number of amides is 1. The molecule has 0 aliphatic heterocycles. The summed E-state index contributed by atoms with van der Waals surface area (Å²) in [6.07, 6.45) is 1.92. The number of anilines is 2. The second-order valence-electron chi connectivity index (χ2n) is 7.40. The van der Waals surface area contributed by atoms with E-state index >= 15 is 0 Å². The van der Waals surface area contributed by atoms with Crippen molar-refractivity contribution in [3.8, 4) is 0 Å². The molecule has 1 N–H and O–H groups in total. The molecule has 0 saturated heterocycles. The Morgan fingerprint density at radius 1 is 0.971 bits per heavy atom. The summed E-state index contributed by atoms with van der Waals surface area (Å²) in [5.41, 5.74) is 2.39. The number of carbonyl (C=O) groups is 2. The summed E-state index contributed by atoms with van der Waals surface area (Å²) >= 11 is 1.53. The van der Waals surface area contributed by atoms with Crippen LogP contribution in [0.15, 0.2) is 76.5 Å². The lowest BCUT2D eigenvalue weighted by molar-refractivity contribution is 0.0526. The van der Waals surface area contributed by atoms with Crippen molar-refractivity contribution in [1.82, 2.24) is 0 Å². The Kier molecular flexibility index (Phi) is 8.01. The Hall–Kier alpha value is -3.30. The average Bonchev–Trinajstić information content (AvgIpc) is 2.85. The lowest BCUT2D eigenvalue weighted by Gasteiger charge is -2.20. The smallest absolute Gasteiger partial charge is 0.338 e. The fourth-order valence-electron chi connectivity index (χ4n) is 3.16. The van der Waals surface area contributed by atoms with Crippen LogP contribution in [0.3, 0.4) is 0 Å². The number of sulfonamides is 1. The van der Waals surface area contributed by atoms with Crippen LogP contribution in [0.5, 0.6) is 0 Å². The van der Waals surface area contributed by atoms with Crippen LogP contribution in [0.1, 0.15) is 33.2 Å². The van der Waals surface area contributed by atoms with Crippen LogP contribution in [0.2, 0.25) is 0 Å². The Balaban J connectivity index is 1.77. The number of hydrogen-bond donors (Lipinski definition) is 1. The summed E-state index contributed by atoms with van der Waals surface area (Å²) in [4.78, 5) is 25.9. The van der Waals surface area contributed by atoms with Crippen LogP contribution >= 0.6 is 11.8 Å². The summed E-state index contributed by atoms with van der Waals surface area (Å²) in [7, 11) is -2.27. The summed E-state index contributed by atoms with van der Waals surface area (Å²) in [5, 5.41) is 2.80. The molecule has 9 heteroatoms. The quantitative estimate of drug-likeness (QED) is 0.348. The van der Waals surface area contributed by atoms with Crippen LogP contribution in [0.25, 0.3) is 0 Å². The Morgan fingerprint density at radius 2 is 1.59 bits per heavy atom. The molecule has 0 heterocycles. The first-order chi connectivity index (χ1) is 16.2. The molecule has 0 bridgehead atoms. The van der Waals surface area contributed by atoms with E-state index in [2.05, 4.69) is 5.32 Å². The van der Waals surface area contributed by atoms with Gasteiger partial charge in [-0.2, -0.15) is 0 Å². The highest BCUT2D eigenvalue weighted by Crippen LogP contribution is 2.25. The predicted octanol–water partition coefficient (Wildman–Crippen LogP) is 4.97. The number of aryl methyl sites for hydroxylation is 1. The molecule has 0 atom stereocenters. The minimum absolute atomic E-state index is 0.187. The minimum atomic E-state index is -3.74. The van der Waals surface area contributed by atoms with Gasteiger partial charge in [0.05, 0.1) is 22.8 Å². The van der Waals surface area contributed by atoms with Gasteiger partial charge in [0.15, 0.2) is 0 Å². The molecule has 1 amide bonds. The highest BCUT2D eigenvalue weighted by atomic mass is 32.2.